The molecule has 1 aromatic heterocycles. The third-order valence-electron chi connectivity index (χ3n) is 2.85. The van der Waals surface area contributed by atoms with Crippen molar-refractivity contribution in [2.24, 2.45) is 5.92 Å². The van der Waals surface area contributed by atoms with Crippen LogP contribution in [0.1, 0.15) is 56.2 Å². The number of ketones is 1. The molecule has 1 rings (SSSR count). The summed E-state index contributed by atoms with van der Waals surface area (Å²) in [5, 5.41) is 0. The summed E-state index contributed by atoms with van der Waals surface area (Å²) in [6.45, 7) is 8.42. The zero-order chi connectivity index (χ0) is 12.1. The molecular formula is C14H22OS. The zero-order valence-electron chi connectivity index (χ0n) is 10.7. The molecule has 0 aliphatic carbocycles. The van der Waals surface area contributed by atoms with Gasteiger partial charge in [-0.25, -0.2) is 0 Å². The monoisotopic (exact) mass is 238 g/mol. The Morgan fingerprint density at radius 2 is 2.00 bits per heavy atom. The van der Waals surface area contributed by atoms with Gasteiger partial charge in [-0.05, 0) is 24.5 Å². The molecule has 0 saturated carbocycles. The van der Waals surface area contributed by atoms with Gasteiger partial charge in [-0.3, -0.25) is 4.79 Å². The molecule has 0 spiro atoms. The van der Waals surface area contributed by atoms with E-state index in [2.05, 4.69) is 32.9 Å². The summed E-state index contributed by atoms with van der Waals surface area (Å²) in [4.78, 5) is 14.6. The first-order chi connectivity index (χ1) is 7.60. The summed E-state index contributed by atoms with van der Waals surface area (Å²) < 4.78 is 0. The summed E-state index contributed by atoms with van der Waals surface area (Å²) in [7, 11) is 0. The second-order valence-corrected chi connectivity index (χ2v) is 5.80. The molecule has 1 heterocycles. The van der Waals surface area contributed by atoms with Gasteiger partial charge in [-0.2, -0.15) is 0 Å². The molecule has 1 unspecified atom stereocenters. The van der Waals surface area contributed by atoms with E-state index in [1.807, 2.05) is 18.3 Å². The van der Waals surface area contributed by atoms with Crippen LogP contribution >= 0.6 is 11.3 Å². The van der Waals surface area contributed by atoms with E-state index in [0.717, 1.165) is 6.42 Å². The number of hydrogen-bond donors (Lipinski definition) is 0. The number of rotatable bonds is 6. The largest absolute Gasteiger partial charge is 0.299 e. The van der Waals surface area contributed by atoms with Gasteiger partial charge in [-0.15, -0.1) is 11.3 Å². The number of Topliss-reactive ketones (excluding diaryl/α,β-unsaturated/α-hetero) is 1. The van der Waals surface area contributed by atoms with Gasteiger partial charge in [-0.1, -0.05) is 34.1 Å². The van der Waals surface area contributed by atoms with Crippen molar-refractivity contribution in [1.29, 1.82) is 0 Å². The summed E-state index contributed by atoms with van der Waals surface area (Å²) in [5.41, 5.74) is 0. The molecule has 16 heavy (non-hydrogen) atoms. The van der Waals surface area contributed by atoms with Crippen LogP contribution in [0.3, 0.4) is 0 Å². The number of carbonyl (C=O) groups is 1. The molecule has 0 saturated heterocycles. The molecule has 1 atom stereocenters. The summed E-state index contributed by atoms with van der Waals surface area (Å²) in [6, 6.07) is 4.33. The first kappa shape index (κ1) is 13.4. The van der Waals surface area contributed by atoms with Crippen LogP contribution in [0.15, 0.2) is 12.1 Å². The Bertz CT molecular complexity index is 338. The van der Waals surface area contributed by atoms with Crippen LogP contribution in [0.4, 0.5) is 0 Å². The Hall–Kier alpha value is -0.630. The van der Waals surface area contributed by atoms with Gasteiger partial charge in [0.05, 0.1) is 5.92 Å². The van der Waals surface area contributed by atoms with Crippen molar-refractivity contribution in [2.75, 3.05) is 0 Å². The molecule has 0 amide bonds. The molecule has 0 fully saturated rings. The lowest BCUT2D eigenvalue weighted by Gasteiger charge is -2.17. The summed E-state index contributed by atoms with van der Waals surface area (Å²) >= 11 is 1.82. The van der Waals surface area contributed by atoms with E-state index in [-0.39, 0.29) is 5.92 Å². The van der Waals surface area contributed by atoms with Crippen molar-refractivity contribution in [2.45, 2.75) is 52.9 Å². The molecule has 1 aromatic rings. The number of carbonyl (C=O) groups excluding carboxylic acids is 1. The maximum atomic E-state index is 11.9. The Labute approximate surface area is 103 Å². The fourth-order valence-corrected chi connectivity index (χ4v) is 3.43. The van der Waals surface area contributed by atoms with Gasteiger partial charge in [0.15, 0.2) is 0 Å². The first-order valence-electron chi connectivity index (χ1n) is 6.21. The average Bonchev–Trinajstić information content (AvgIpc) is 2.66. The SMILES string of the molecule is CCCc1ccc(C(C(=O)CC)C(C)C)s1. The van der Waals surface area contributed by atoms with E-state index in [0.29, 0.717) is 18.1 Å². The molecule has 1 nitrogen and oxygen atoms in total. The lowest BCUT2D eigenvalue weighted by Crippen LogP contribution is -2.16. The topological polar surface area (TPSA) is 17.1 Å². The fraction of sp³-hybridized carbons (Fsp3) is 0.643. The molecule has 0 bridgehead atoms. The highest BCUT2D eigenvalue weighted by Crippen LogP contribution is 2.32. The minimum Gasteiger partial charge on any atom is -0.299 e. The highest BCUT2D eigenvalue weighted by atomic mass is 32.1. The number of thiophene rings is 1. The van der Waals surface area contributed by atoms with E-state index in [9.17, 15) is 4.79 Å². The molecular weight excluding hydrogens is 216 g/mol. The van der Waals surface area contributed by atoms with Crippen molar-refractivity contribution in [1.82, 2.24) is 0 Å². The predicted octanol–water partition coefficient (Wildman–Crippen LogP) is 4.42. The Balaban J connectivity index is 2.88. The fourth-order valence-electron chi connectivity index (χ4n) is 2.02. The van der Waals surface area contributed by atoms with Crippen molar-refractivity contribution < 1.29 is 4.79 Å². The Morgan fingerprint density at radius 1 is 1.31 bits per heavy atom. The molecule has 0 aliphatic rings. The third kappa shape index (κ3) is 3.18. The summed E-state index contributed by atoms with van der Waals surface area (Å²) in [6.07, 6.45) is 2.95. The van der Waals surface area contributed by atoms with Crippen LogP contribution in [-0.4, -0.2) is 5.78 Å². The lowest BCUT2D eigenvalue weighted by molar-refractivity contribution is -0.121. The Kier molecular flexibility index (Phi) is 5.20. The highest BCUT2D eigenvalue weighted by molar-refractivity contribution is 7.12. The van der Waals surface area contributed by atoms with Crippen LogP contribution in [0.5, 0.6) is 0 Å². The normalized spacial score (nSPS) is 13.1. The predicted molar refractivity (Wildman–Crippen MR) is 71.2 cm³/mol. The first-order valence-corrected chi connectivity index (χ1v) is 7.03. The maximum Gasteiger partial charge on any atom is 0.141 e. The van der Waals surface area contributed by atoms with Crippen molar-refractivity contribution >= 4 is 17.1 Å². The number of aryl methyl sites for hydroxylation is 1. The molecule has 0 radical (unpaired) electrons. The van der Waals surface area contributed by atoms with Gasteiger partial charge in [0.25, 0.3) is 0 Å². The molecule has 0 N–H and O–H groups in total. The minimum atomic E-state index is 0.112. The van der Waals surface area contributed by atoms with E-state index in [1.54, 1.807) is 0 Å². The van der Waals surface area contributed by atoms with E-state index in [4.69, 9.17) is 0 Å². The van der Waals surface area contributed by atoms with Gasteiger partial charge < -0.3 is 0 Å². The smallest absolute Gasteiger partial charge is 0.141 e. The van der Waals surface area contributed by atoms with Crippen molar-refractivity contribution in [3.63, 3.8) is 0 Å². The van der Waals surface area contributed by atoms with E-state index >= 15 is 0 Å². The number of hydrogen-bond acceptors (Lipinski definition) is 2. The van der Waals surface area contributed by atoms with Gasteiger partial charge in [0, 0.05) is 16.2 Å². The van der Waals surface area contributed by atoms with Crippen molar-refractivity contribution in [3.05, 3.63) is 21.9 Å². The molecule has 90 valence electrons. The average molecular weight is 238 g/mol. The van der Waals surface area contributed by atoms with Gasteiger partial charge >= 0.3 is 0 Å². The minimum absolute atomic E-state index is 0.112. The van der Waals surface area contributed by atoms with Crippen LogP contribution in [0.25, 0.3) is 0 Å². The second-order valence-electron chi connectivity index (χ2n) is 4.60. The molecule has 0 aliphatic heterocycles. The third-order valence-corrected chi connectivity index (χ3v) is 4.08. The van der Waals surface area contributed by atoms with E-state index in [1.165, 1.54) is 16.2 Å². The zero-order valence-corrected chi connectivity index (χ0v) is 11.6. The van der Waals surface area contributed by atoms with Crippen LogP contribution in [-0.2, 0) is 11.2 Å². The molecule has 0 aromatic carbocycles. The quantitative estimate of drug-likeness (QED) is 0.717. The summed E-state index contributed by atoms with van der Waals surface area (Å²) in [5.74, 6) is 0.890. The van der Waals surface area contributed by atoms with Gasteiger partial charge in [0.2, 0.25) is 0 Å². The molecule has 2 heteroatoms. The van der Waals surface area contributed by atoms with E-state index < -0.39 is 0 Å². The lowest BCUT2D eigenvalue weighted by atomic mass is 9.89. The van der Waals surface area contributed by atoms with Crippen molar-refractivity contribution in [3.8, 4) is 0 Å². The van der Waals surface area contributed by atoms with Gasteiger partial charge in [0.1, 0.15) is 5.78 Å². The van der Waals surface area contributed by atoms with Crippen LogP contribution in [0, 0.1) is 5.92 Å². The van der Waals surface area contributed by atoms with Crippen LogP contribution < -0.4 is 0 Å². The standard InChI is InChI=1S/C14H22OS/c1-5-7-11-8-9-13(16-11)14(10(3)4)12(15)6-2/h8-10,14H,5-7H2,1-4H3. The van der Waals surface area contributed by atoms with Crippen LogP contribution in [0.2, 0.25) is 0 Å². The Morgan fingerprint density at radius 3 is 2.50 bits per heavy atom. The highest BCUT2D eigenvalue weighted by Gasteiger charge is 2.23. The second kappa shape index (κ2) is 6.19. The maximum absolute atomic E-state index is 11.9.